The maximum absolute atomic E-state index is 12.6. The van der Waals surface area contributed by atoms with Crippen molar-refractivity contribution < 1.29 is 49.1 Å². The second-order valence-electron chi connectivity index (χ2n) is 17.0. The molecule has 0 saturated carbocycles. The van der Waals surface area contributed by atoms with Crippen LogP contribution in [0.5, 0.6) is 0 Å². The molecule has 58 heavy (non-hydrogen) atoms. The molecular formula is C48H58O10. The summed E-state index contributed by atoms with van der Waals surface area (Å²) in [5.74, 6) is -1.58. The summed E-state index contributed by atoms with van der Waals surface area (Å²) >= 11 is 0. The Morgan fingerprint density at radius 1 is 0.379 bits per heavy atom. The van der Waals surface area contributed by atoms with Gasteiger partial charge in [0.15, 0.2) is 23.1 Å². The third-order valence-electron chi connectivity index (χ3n) is 9.73. The summed E-state index contributed by atoms with van der Waals surface area (Å²) in [5.41, 5.74) is -1.36. The number of ether oxygens (including phenoxy) is 2. The zero-order chi connectivity index (χ0) is 43.1. The van der Waals surface area contributed by atoms with E-state index in [0.717, 1.165) is 47.9 Å². The van der Waals surface area contributed by atoms with Gasteiger partial charge in [-0.05, 0) is 90.5 Å². The molecule has 0 bridgehead atoms. The van der Waals surface area contributed by atoms with Gasteiger partial charge in [0.2, 0.25) is 0 Å². The standard InChI is InChI=1S/C48H58O10/c1-45(2,53)41(49)35-21-13-31(14-22-35)39(32-15-23-36(24-16-32)42(50)46(3,4)54)57-29-11-9-10-12-30-58-40(33-17-25-37(26-18-33)43(51)47(5,6)55)34-19-27-38(28-20-34)44(52)48(7,8)56/h13-28,39-40,53-56H,9-12,29-30H2,1-8H3. The normalized spacial score (nSPS) is 12.6. The third-order valence-corrected chi connectivity index (χ3v) is 9.73. The molecule has 0 heterocycles. The number of carbonyl (C=O) groups excluding carboxylic acids is 4. The highest BCUT2D eigenvalue weighted by Crippen LogP contribution is 2.31. The Bertz CT molecular complexity index is 1710. The number of rotatable bonds is 21. The Morgan fingerprint density at radius 3 is 0.741 bits per heavy atom. The first-order valence-corrected chi connectivity index (χ1v) is 19.7. The molecular weight excluding hydrogens is 737 g/mol. The van der Waals surface area contributed by atoms with Crippen LogP contribution in [0.3, 0.4) is 0 Å². The number of hydrogen-bond donors (Lipinski definition) is 4. The molecule has 4 aromatic rings. The minimum Gasteiger partial charge on any atom is -0.382 e. The summed E-state index contributed by atoms with van der Waals surface area (Å²) in [4.78, 5) is 50.6. The van der Waals surface area contributed by atoms with Crippen LogP contribution in [0.25, 0.3) is 0 Å². The van der Waals surface area contributed by atoms with Crippen molar-refractivity contribution in [3.63, 3.8) is 0 Å². The van der Waals surface area contributed by atoms with E-state index in [1.807, 2.05) is 0 Å². The number of ketones is 4. The molecule has 310 valence electrons. The maximum Gasteiger partial charge on any atom is 0.193 e. The molecule has 4 rings (SSSR count). The highest BCUT2D eigenvalue weighted by molar-refractivity contribution is 6.03. The molecule has 0 aromatic heterocycles. The summed E-state index contributed by atoms with van der Waals surface area (Å²) in [6.45, 7) is 12.4. The van der Waals surface area contributed by atoms with Gasteiger partial charge in [-0.15, -0.1) is 0 Å². The summed E-state index contributed by atoms with van der Waals surface area (Å²) < 4.78 is 12.9. The van der Waals surface area contributed by atoms with Crippen molar-refractivity contribution in [3.05, 3.63) is 142 Å². The van der Waals surface area contributed by atoms with Crippen molar-refractivity contribution in [2.75, 3.05) is 13.2 Å². The first-order valence-electron chi connectivity index (χ1n) is 19.7. The van der Waals surface area contributed by atoms with Crippen molar-refractivity contribution in [1.29, 1.82) is 0 Å². The molecule has 4 N–H and O–H groups in total. The van der Waals surface area contributed by atoms with Gasteiger partial charge >= 0.3 is 0 Å². The number of benzene rings is 4. The van der Waals surface area contributed by atoms with Gasteiger partial charge in [0.25, 0.3) is 0 Å². The lowest BCUT2D eigenvalue weighted by Crippen LogP contribution is -2.31. The van der Waals surface area contributed by atoms with E-state index in [9.17, 15) is 39.6 Å². The molecule has 0 radical (unpaired) electrons. The number of unbranched alkanes of at least 4 members (excludes halogenated alkanes) is 3. The monoisotopic (exact) mass is 794 g/mol. The van der Waals surface area contributed by atoms with E-state index in [0.29, 0.717) is 35.5 Å². The lowest BCUT2D eigenvalue weighted by Gasteiger charge is -2.22. The van der Waals surface area contributed by atoms with Gasteiger partial charge in [-0.1, -0.05) is 110 Å². The van der Waals surface area contributed by atoms with Crippen molar-refractivity contribution in [1.82, 2.24) is 0 Å². The first-order chi connectivity index (χ1) is 27.0. The van der Waals surface area contributed by atoms with Crippen LogP contribution >= 0.6 is 0 Å². The van der Waals surface area contributed by atoms with Crippen LogP contribution in [-0.4, -0.2) is 79.2 Å². The molecule has 0 aliphatic heterocycles. The van der Waals surface area contributed by atoms with E-state index >= 15 is 0 Å². The molecule has 0 unspecified atom stereocenters. The second-order valence-corrected chi connectivity index (χ2v) is 17.0. The predicted molar refractivity (Wildman–Crippen MR) is 222 cm³/mol. The fourth-order valence-corrected chi connectivity index (χ4v) is 6.38. The van der Waals surface area contributed by atoms with Crippen LogP contribution in [0, 0.1) is 0 Å². The van der Waals surface area contributed by atoms with Crippen LogP contribution in [0.4, 0.5) is 0 Å². The van der Waals surface area contributed by atoms with Gasteiger partial charge in [-0.2, -0.15) is 0 Å². The van der Waals surface area contributed by atoms with E-state index in [-0.39, 0.29) is 0 Å². The largest absolute Gasteiger partial charge is 0.382 e. The van der Waals surface area contributed by atoms with E-state index in [2.05, 4.69) is 0 Å². The van der Waals surface area contributed by atoms with Gasteiger partial charge in [-0.25, -0.2) is 0 Å². The minimum atomic E-state index is -1.51. The molecule has 4 aromatic carbocycles. The van der Waals surface area contributed by atoms with Crippen molar-refractivity contribution >= 4 is 23.1 Å². The summed E-state index contributed by atoms with van der Waals surface area (Å²) in [6, 6.07) is 27.7. The number of Topliss-reactive ketones (excluding diaryl/α,β-unsaturated/α-hetero) is 4. The van der Waals surface area contributed by atoms with Crippen molar-refractivity contribution in [2.45, 2.75) is 116 Å². The van der Waals surface area contributed by atoms with E-state index < -0.39 is 57.7 Å². The number of aliphatic hydroxyl groups is 4. The lowest BCUT2D eigenvalue weighted by molar-refractivity contribution is 0.0486. The van der Waals surface area contributed by atoms with E-state index in [1.54, 1.807) is 97.1 Å². The van der Waals surface area contributed by atoms with Crippen LogP contribution in [0.15, 0.2) is 97.1 Å². The van der Waals surface area contributed by atoms with Gasteiger partial charge in [0.1, 0.15) is 34.6 Å². The number of carbonyl (C=O) groups is 4. The predicted octanol–water partition coefficient (Wildman–Crippen LogP) is 7.97. The van der Waals surface area contributed by atoms with Gasteiger partial charge in [-0.3, -0.25) is 19.2 Å². The molecule has 0 atom stereocenters. The topological polar surface area (TPSA) is 168 Å². The molecule has 10 heteroatoms. The fourth-order valence-electron chi connectivity index (χ4n) is 6.38. The lowest BCUT2D eigenvalue weighted by atomic mass is 9.92. The molecule has 0 saturated heterocycles. The Balaban J connectivity index is 1.41. The average molecular weight is 795 g/mol. The molecule has 0 aliphatic rings. The molecule has 0 fully saturated rings. The van der Waals surface area contributed by atoms with Gasteiger partial charge in [0.05, 0.1) is 0 Å². The SMILES string of the molecule is CC(C)(O)C(=O)c1ccc(C(OCCCCCCOC(c2ccc(C(=O)C(C)(C)O)cc2)c2ccc(C(=O)C(C)(C)O)cc2)c2ccc(C(=O)C(C)(C)O)cc2)cc1. The maximum atomic E-state index is 12.6. The van der Waals surface area contributed by atoms with E-state index in [4.69, 9.17) is 9.47 Å². The Hall–Kier alpha value is -4.68. The van der Waals surface area contributed by atoms with Crippen LogP contribution < -0.4 is 0 Å². The zero-order valence-electron chi connectivity index (χ0n) is 34.9. The minimum absolute atomic E-state index is 0.376. The quantitative estimate of drug-likeness (QED) is 0.0480. The highest BCUT2D eigenvalue weighted by Gasteiger charge is 2.29. The molecule has 0 aliphatic carbocycles. The van der Waals surface area contributed by atoms with Gasteiger partial charge in [0, 0.05) is 35.5 Å². The van der Waals surface area contributed by atoms with Gasteiger partial charge < -0.3 is 29.9 Å². The summed E-state index contributed by atoms with van der Waals surface area (Å²) in [7, 11) is 0. The summed E-state index contributed by atoms with van der Waals surface area (Å²) in [6.07, 6.45) is 2.19. The smallest absolute Gasteiger partial charge is 0.193 e. The first kappa shape index (κ1) is 46.0. The second kappa shape index (κ2) is 18.9. The fraction of sp³-hybridized carbons (Fsp3) is 0.417. The van der Waals surface area contributed by atoms with Crippen molar-refractivity contribution in [3.8, 4) is 0 Å². The molecule has 0 amide bonds. The summed E-state index contributed by atoms with van der Waals surface area (Å²) in [5, 5.41) is 40.8. The third kappa shape index (κ3) is 12.4. The Morgan fingerprint density at radius 2 is 0.569 bits per heavy atom. The molecule has 10 nitrogen and oxygen atoms in total. The molecule has 0 spiro atoms. The number of hydrogen-bond acceptors (Lipinski definition) is 10. The van der Waals surface area contributed by atoms with Crippen LogP contribution in [-0.2, 0) is 9.47 Å². The zero-order valence-corrected chi connectivity index (χ0v) is 34.9. The average Bonchev–Trinajstić information content (AvgIpc) is 3.16. The Labute approximate surface area is 341 Å². The van der Waals surface area contributed by atoms with Crippen molar-refractivity contribution in [2.24, 2.45) is 0 Å². The Kier molecular flexibility index (Phi) is 15.0. The van der Waals surface area contributed by atoms with Crippen LogP contribution in [0.2, 0.25) is 0 Å². The van der Waals surface area contributed by atoms with E-state index in [1.165, 1.54) is 55.4 Å². The van der Waals surface area contributed by atoms with Crippen LogP contribution in [0.1, 0.15) is 157 Å². The highest BCUT2D eigenvalue weighted by atomic mass is 16.5.